The SMILES string of the molecule is CCCCCCCCCCc1cnc(-c2ccc(OCCC(C)CC)cc2)nc1. The molecule has 3 nitrogen and oxygen atoms in total. The van der Waals surface area contributed by atoms with E-state index in [1.165, 1.54) is 63.4 Å². The van der Waals surface area contributed by atoms with Crippen LogP contribution in [-0.4, -0.2) is 16.6 Å². The van der Waals surface area contributed by atoms with E-state index in [1.54, 1.807) is 0 Å². The Kier molecular flexibility index (Phi) is 11.4. The summed E-state index contributed by atoms with van der Waals surface area (Å²) in [6.45, 7) is 7.54. The number of nitrogens with zero attached hydrogens (tertiary/aromatic N) is 2. The third kappa shape index (κ3) is 9.43. The van der Waals surface area contributed by atoms with E-state index in [1.807, 2.05) is 36.7 Å². The summed E-state index contributed by atoms with van der Waals surface area (Å²) in [6, 6.07) is 8.13. The Hall–Kier alpha value is -1.90. The lowest BCUT2D eigenvalue weighted by molar-refractivity contribution is 0.282. The Labute approximate surface area is 178 Å². The Morgan fingerprint density at radius 1 is 0.828 bits per heavy atom. The molecule has 2 aromatic rings. The van der Waals surface area contributed by atoms with Crippen molar-refractivity contribution in [1.82, 2.24) is 9.97 Å². The van der Waals surface area contributed by atoms with E-state index < -0.39 is 0 Å². The van der Waals surface area contributed by atoms with Gasteiger partial charge in [-0.25, -0.2) is 9.97 Å². The number of ether oxygens (including phenoxy) is 1. The van der Waals surface area contributed by atoms with Crippen LogP contribution in [0.3, 0.4) is 0 Å². The van der Waals surface area contributed by atoms with E-state index in [0.717, 1.165) is 36.6 Å². The van der Waals surface area contributed by atoms with Gasteiger partial charge in [-0.2, -0.15) is 0 Å². The molecule has 0 radical (unpaired) electrons. The molecule has 0 N–H and O–H groups in total. The Balaban J connectivity index is 1.69. The topological polar surface area (TPSA) is 35.0 Å². The van der Waals surface area contributed by atoms with Crippen molar-refractivity contribution >= 4 is 0 Å². The van der Waals surface area contributed by atoms with Crippen LogP contribution < -0.4 is 4.74 Å². The largest absolute Gasteiger partial charge is 0.494 e. The highest BCUT2D eigenvalue weighted by atomic mass is 16.5. The van der Waals surface area contributed by atoms with E-state index >= 15 is 0 Å². The van der Waals surface area contributed by atoms with Crippen molar-refractivity contribution in [3.8, 4) is 17.1 Å². The van der Waals surface area contributed by atoms with Gasteiger partial charge < -0.3 is 4.74 Å². The van der Waals surface area contributed by atoms with E-state index in [0.29, 0.717) is 5.92 Å². The average molecular weight is 397 g/mol. The van der Waals surface area contributed by atoms with Crippen molar-refractivity contribution in [2.45, 2.75) is 91.4 Å². The summed E-state index contributed by atoms with van der Waals surface area (Å²) in [7, 11) is 0. The predicted molar refractivity (Wildman–Crippen MR) is 123 cm³/mol. The van der Waals surface area contributed by atoms with E-state index in [-0.39, 0.29) is 0 Å². The van der Waals surface area contributed by atoms with Gasteiger partial charge in [0.15, 0.2) is 5.82 Å². The van der Waals surface area contributed by atoms with Gasteiger partial charge in [0.2, 0.25) is 0 Å². The number of hydrogen-bond acceptors (Lipinski definition) is 3. The summed E-state index contributed by atoms with van der Waals surface area (Å²) >= 11 is 0. The van der Waals surface area contributed by atoms with Crippen LogP contribution in [0.2, 0.25) is 0 Å². The monoisotopic (exact) mass is 396 g/mol. The van der Waals surface area contributed by atoms with Gasteiger partial charge in [-0.1, -0.05) is 72.1 Å². The fraction of sp³-hybridized carbons (Fsp3) is 0.615. The van der Waals surface area contributed by atoms with Gasteiger partial charge >= 0.3 is 0 Å². The number of benzene rings is 1. The van der Waals surface area contributed by atoms with Crippen LogP contribution in [0.4, 0.5) is 0 Å². The molecule has 1 aromatic heterocycles. The first-order chi connectivity index (χ1) is 14.2. The molecule has 0 bridgehead atoms. The molecular weight excluding hydrogens is 356 g/mol. The fourth-order valence-electron chi connectivity index (χ4n) is 3.38. The normalized spacial score (nSPS) is 12.1. The molecule has 2 rings (SSSR count). The van der Waals surface area contributed by atoms with Gasteiger partial charge in [0.05, 0.1) is 6.61 Å². The first kappa shape index (κ1) is 23.4. The zero-order chi connectivity index (χ0) is 20.7. The molecule has 160 valence electrons. The molecule has 3 heteroatoms. The van der Waals surface area contributed by atoms with Crippen molar-refractivity contribution in [3.63, 3.8) is 0 Å². The van der Waals surface area contributed by atoms with Crippen LogP contribution in [0.25, 0.3) is 11.4 Å². The van der Waals surface area contributed by atoms with Gasteiger partial charge in [0.1, 0.15) is 5.75 Å². The zero-order valence-corrected chi connectivity index (χ0v) is 18.8. The summed E-state index contributed by atoms with van der Waals surface area (Å²) < 4.78 is 5.84. The maximum absolute atomic E-state index is 5.84. The summed E-state index contributed by atoms with van der Waals surface area (Å²) in [5.41, 5.74) is 2.28. The van der Waals surface area contributed by atoms with Gasteiger partial charge in [-0.15, -0.1) is 0 Å². The maximum Gasteiger partial charge on any atom is 0.159 e. The van der Waals surface area contributed by atoms with Crippen LogP contribution in [0.15, 0.2) is 36.7 Å². The van der Waals surface area contributed by atoms with Gasteiger partial charge in [-0.05, 0) is 55.0 Å². The number of unbranched alkanes of at least 4 members (excludes halogenated alkanes) is 7. The van der Waals surface area contributed by atoms with E-state index in [2.05, 4.69) is 30.7 Å². The molecule has 29 heavy (non-hydrogen) atoms. The molecule has 0 aliphatic carbocycles. The van der Waals surface area contributed by atoms with Gasteiger partial charge in [0, 0.05) is 18.0 Å². The van der Waals surface area contributed by atoms with Gasteiger partial charge in [0.25, 0.3) is 0 Å². The Morgan fingerprint density at radius 2 is 1.45 bits per heavy atom. The number of rotatable bonds is 15. The molecule has 0 aliphatic heterocycles. The molecule has 1 heterocycles. The predicted octanol–water partition coefficient (Wildman–Crippen LogP) is 7.64. The van der Waals surface area contributed by atoms with Crippen LogP contribution >= 0.6 is 0 Å². The highest BCUT2D eigenvalue weighted by Gasteiger charge is 2.04. The smallest absolute Gasteiger partial charge is 0.159 e. The van der Waals surface area contributed by atoms with Crippen molar-refractivity contribution in [3.05, 3.63) is 42.2 Å². The van der Waals surface area contributed by atoms with Crippen LogP contribution in [0.1, 0.15) is 90.5 Å². The molecule has 1 atom stereocenters. The summed E-state index contributed by atoms with van der Waals surface area (Å²) in [5.74, 6) is 2.42. The maximum atomic E-state index is 5.84. The molecule has 1 aromatic carbocycles. The van der Waals surface area contributed by atoms with Crippen LogP contribution in [0, 0.1) is 5.92 Å². The number of hydrogen-bond donors (Lipinski definition) is 0. The highest BCUT2D eigenvalue weighted by molar-refractivity contribution is 5.55. The van der Waals surface area contributed by atoms with E-state index in [4.69, 9.17) is 4.74 Å². The average Bonchev–Trinajstić information content (AvgIpc) is 2.76. The Bertz CT molecular complexity index is 651. The van der Waals surface area contributed by atoms with Crippen LogP contribution in [0.5, 0.6) is 5.75 Å². The zero-order valence-electron chi connectivity index (χ0n) is 18.8. The minimum atomic E-state index is 0.715. The lowest BCUT2D eigenvalue weighted by Crippen LogP contribution is -2.03. The minimum Gasteiger partial charge on any atom is -0.494 e. The second-order valence-electron chi connectivity index (χ2n) is 8.31. The van der Waals surface area contributed by atoms with Gasteiger partial charge in [-0.3, -0.25) is 0 Å². The minimum absolute atomic E-state index is 0.715. The molecule has 0 saturated carbocycles. The molecule has 0 amide bonds. The van der Waals surface area contributed by atoms with Crippen molar-refractivity contribution in [2.75, 3.05) is 6.61 Å². The number of aromatic nitrogens is 2. The Morgan fingerprint density at radius 3 is 2.07 bits per heavy atom. The highest BCUT2D eigenvalue weighted by Crippen LogP contribution is 2.20. The second kappa shape index (κ2) is 14.1. The lowest BCUT2D eigenvalue weighted by Gasteiger charge is -2.10. The van der Waals surface area contributed by atoms with Crippen molar-refractivity contribution < 1.29 is 4.74 Å². The second-order valence-corrected chi connectivity index (χ2v) is 8.31. The summed E-state index contributed by atoms with van der Waals surface area (Å²) in [5, 5.41) is 0. The molecule has 0 saturated heterocycles. The third-order valence-corrected chi connectivity index (χ3v) is 5.71. The van der Waals surface area contributed by atoms with E-state index in [9.17, 15) is 0 Å². The standard InChI is InChI=1S/C26H40N2O/c1-4-6-7-8-9-10-11-12-13-23-20-27-26(28-21-23)24-14-16-25(17-15-24)29-19-18-22(3)5-2/h14-17,20-22H,4-13,18-19H2,1-3H3. The molecule has 0 fully saturated rings. The number of aryl methyl sites for hydroxylation is 1. The lowest BCUT2D eigenvalue weighted by atomic mass is 10.1. The molecule has 0 spiro atoms. The first-order valence-electron chi connectivity index (χ1n) is 11.8. The summed E-state index contributed by atoms with van der Waals surface area (Å²) in [6.07, 6.45) is 18.1. The fourth-order valence-corrected chi connectivity index (χ4v) is 3.38. The molecule has 1 unspecified atom stereocenters. The molecular formula is C26H40N2O. The quantitative estimate of drug-likeness (QED) is 0.290. The first-order valence-corrected chi connectivity index (χ1v) is 11.8. The van der Waals surface area contributed by atoms with Crippen molar-refractivity contribution in [2.24, 2.45) is 5.92 Å². The van der Waals surface area contributed by atoms with Crippen LogP contribution in [-0.2, 0) is 6.42 Å². The van der Waals surface area contributed by atoms with Crippen molar-refractivity contribution in [1.29, 1.82) is 0 Å². The molecule has 0 aliphatic rings. The summed E-state index contributed by atoms with van der Waals surface area (Å²) in [4.78, 5) is 9.14. The third-order valence-electron chi connectivity index (χ3n) is 5.71.